The van der Waals surface area contributed by atoms with Crippen molar-refractivity contribution in [2.45, 2.75) is 31.6 Å². The van der Waals surface area contributed by atoms with Gasteiger partial charge in [0, 0.05) is 26.2 Å². The Morgan fingerprint density at radius 2 is 1.83 bits per heavy atom. The van der Waals surface area contributed by atoms with E-state index in [1.54, 1.807) is 37.4 Å². The molecule has 0 aliphatic carbocycles. The first-order valence-electron chi connectivity index (χ1n) is 10.0. The van der Waals surface area contributed by atoms with Crippen LogP contribution in [0.3, 0.4) is 0 Å². The van der Waals surface area contributed by atoms with Crippen LogP contribution in [-0.4, -0.2) is 57.3 Å². The molecule has 1 fully saturated rings. The summed E-state index contributed by atoms with van der Waals surface area (Å²) < 4.78 is 32.5. The topological polar surface area (TPSA) is 84.0 Å². The van der Waals surface area contributed by atoms with Crippen molar-refractivity contribution in [1.29, 1.82) is 0 Å². The van der Waals surface area contributed by atoms with Crippen molar-refractivity contribution >= 4 is 38.8 Å². The van der Waals surface area contributed by atoms with Crippen molar-refractivity contribution < 1.29 is 22.7 Å². The number of sulfonamides is 1. The number of carbonyl (C=O) groups excluding carboxylic acids is 2. The minimum Gasteiger partial charge on any atom is -0.454 e. The lowest BCUT2D eigenvalue weighted by Gasteiger charge is -2.23. The van der Waals surface area contributed by atoms with Crippen LogP contribution in [0.2, 0.25) is 0 Å². The molecule has 3 rings (SSSR count). The van der Waals surface area contributed by atoms with Gasteiger partial charge in [-0.3, -0.25) is 4.79 Å². The van der Waals surface area contributed by atoms with E-state index in [1.807, 2.05) is 4.90 Å². The maximum Gasteiger partial charge on any atom is 0.340 e. The highest BCUT2D eigenvalue weighted by Gasteiger charge is 2.27. The molecule has 7 nitrogen and oxygen atoms in total. The number of thiophene rings is 1. The summed E-state index contributed by atoms with van der Waals surface area (Å²) in [5, 5.41) is 1.78. The third-order valence-corrected chi connectivity index (χ3v) is 8.07. The van der Waals surface area contributed by atoms with E-state index in [0.29, 0.717) is 23.7 Å². The molecule has 162 valence electrons. The predicted octanol–water partition coefficient (Wildman–Crippen LogP) is 3.42. The van der Waals surface area contributed by atoms with Gasteiger partial charge in [0.25, 0.3) is 0 Å². The Balaban J connectivity index is 1.90. The van der Waals surface area contributed by atoms with Gasteiger partial charge in [-0.1, -0.05) is 19.9 Å². The molecule has 0 bridgehead atoms. The minimum atomic E-state index is -3.72. The van der Waals surface area contributed by atoms with Gasteiger partial charge >= 0.3 is 5.97 Å². The molecule has 0 N–H and O–H groups in total. The quantitative estimate of drug-likeness (QED) is 0.430. The lowest BCUT2D eigenvalue weighted by atomic mass is 10.1. The zero-order chi connectivity index (χ0) is 21.7. The Morgan fingerprint density at radius 3 is 2.43 bits per heavy atom. The average molecular weight is 451 g/mol. The van der Waals surface area contributed by atoms with Gasteiger partial charge in [0.15, 0.2) is 6.61 Å². The van der Waals surface area contributed by atoms with Gasteiger partial charge in [0.05, 0.1) is 21.0 Å². The summed E-state index contributed by atoms with van der Waals surface area (Å²) in [4.78, 5) is 27.7. The van der Waals surface area contributed by atoms with Gasteiger partial charge in [-0.25, -0.2) is 13.2 Å². The largest absolute Gasteiger partial charge is 0.454 e. The number of esters is 1. The smallest absolute Gasteiger partial charge is 0.340 e. The Kier molecular flexibility index (Phi) is 7.27. The van der Waals surface area contributed by atoms with E-state index in [1.165, 1.54) is 27.8 Å². The summed E-state index contributed by atoms with van der Waals surface area (Å²) in [5.74, 6) is -0.980. The number of rotatable bonds is 9. The predicted molar refractivity (Wildman–Crippen MR) is 117 cm³/mol. The zero-order valence-corrected chi connectivity index (χ0v) is 18.8. The number of nitrogens with zero attached hydrogens (tertiary/aromatic N) is 2. The van der Waals surface area contributed by atoms with Crippen molar-refractivity contribution in [3.8, 4) is 0 Å². The molecule has 30 heavy (non-hydrogen) atoms. The fourth-order valence-corrected chi connectivity index (χ4v) is 5.64. The number of Topliss-reactive ketones (excluding diaryl/α,β-unsaturated/α-hetero) is 1. The summed E-state index contributed by atoms with van der Waals surface area (Å²) in [6.07, 6.45) is 2.01. The zero-order valence-electron chi connectivity index (χ0n) is 17.2. The highest BCUT2D eigenvalue weighted by Crippen LogP contribution is 2.29. The monoisotopic (exact) mass is 450 g/mol. The fourth-order valence-electron chi connectivity index (χ4n) is 3.50. The Morgan fingerprint density at radius 1 is 1.13 bits per heavy atom. The normalized spacial score (nSPS) is 14.3. The lowest BCUT2D eigenvalue weighted by Crippen LogP contribution is -2.31. The SMILES string of the molecule is CCN(CC)S(=O)(=O)c1ccc(N2CCCC2)c(C(=O)OCC(=O)c2cccs2)c1. The molecule has 0 amide bonds. The first-order valence-corrected chi connectivity index (χ1v) is 12.3. The van der Waals surface area contributed by atoms with Gasteiger partial charge in [-0.15, -0.1) is 11.3 Å². The second-order valence-electron chi connectivity index (χ2n) is 6.94. The van der Waals surface area contributed by atoms with Crippen LogP contribution in [0.4, 0.5) is 5.69 Å². The maximum atomic E-state index is 12.9. The molecule has 9 heteroatoms. The summed E-state index contributed by atoms with van der Waals surface area (Å²) in [6, 6.07) is 8.01. The standard InChI is InChI=1S/C21H26N2O5S2/c1-3-23(4-2)30(26,27)16-9-10-18(22-11-5-6-12-22)17(14-16)21(25)28-15-19(24)20-8-7-13-29-20/h7-10,13-14H,3-6,11-12,15H2,1-2H3. The van der Waals surface area contributed by atoms with E-state index in [2.05, 4.69) is 0 Å². The molecule has 1 aromatic heterocycles. The van der Waals surface area contributed by atoms with Crippen LogP contribution in [0.25, 0.3) is 0 Å². The fraction of sp³-hybridized carbons (Fsp3) is 0.429. The number of ketones is 1. The van der Waals surface area contributed by atoms with Crippen molar-refractivity contribution in [1.82, 2.24) is 4.31 Å². The highest BCUT2D eigenvalue weighted by molar-refractivity contribution is 7.89. The summed E-state index contributed by atoms with van der Waals surface area (Å²) in [5.41, 5.74) is 0.809. The van der Waals surface area contributed by atoms with Crippen molar-refractivity contribution in [3.05, 3.63) is 46.2 Å². The van der Waals surface area contributed by atoms with Crippen LogP contribution < -0.4 is 4.90 Å². The van der Waals surface area contributed by atoms with E-state index in [4.69, 9.17) is 4.74 Å². The second kappa shape index (κ2) is 9.72. The van der Waals surface area contributed by atoms with Gasteiger partial charge < -0.3 is 9.64 Å². The molecule has 2 heterocycles. The van der Waals surface area contributed by atoms with Crippen LogP contribution in [0, 0.1) is 0 Å². The van der Waals surface area contributed by atoms with E-state index >= 15 is 0 Å². The summed E-state index contributed by atoms with van der Waals surface area (Å²) >= 11 is 1.28. The van der Waals surface area contributed by atoms with Gasteiger partial charge in [0.2, 0.25) is 15.8 Å². The van der Waals surface area contributed by atoms with E-state index in [-0.39, 0.29) is 22.8 Å². The average Bonchev–Trinajstić information content (AvgIpc) is 3.46. The molecular weight excluding hydrogens is 424 g/mol. The van der Waals surface area contributed by atoms with Crippen LogP contribution in [0.1, 0.15) is 46.7 Å². The van der Waals surface area contributed by atoms with Gasteiger partial charge in [0.1, 0.15) is 0 Å². The molecule has 1 aliphatic heterocycles. The van der Waals surface area contributed by atoms with Crippen LogP contribution in [0.15, 0.2) is 40.6 Å². The highest BCUT2D eigenvalue weighted by atomic mass is 32.2. The maximum absolute atomic E-state index is 12.9. The van der Waals surface area contributed by atoms with Crippen molar-refractivity contribution in [2.24, 2.45) is 0 Å². The summed E-state index contributed by atoms with van der Waals surface area (Å²) in [6.45, 7) is 5.40. The van der Waals surface area contributed by atoms with Crippen LogP contribution >= 0.6 is 11.3 Å². The van der Waals surface area contributed by atoms with E-state index in [0.717, 1.165) is 25.9 Å². The second-order valence-corrected chi connectivity index (χ2v) is 9.82. The Bertz CT molecular complexity index is 992. The van der Waals surface area contributed by atoms with Crippen molar-refractivity contribution in [3.63, 3.8) is 0 Å². The molecule has 0 unspecified atom stereocenters. The first-order chi connectivity index (χ1) is 14.4. The third kappa shape index (κ3) is 4.74. The Labute approximate surface area is 181 Å². The number of benzene rings is 1. The van der Waals surface area contributed by atoms with E-state index in [9.17, 15) is 18.0 Å². The molecule has 1 aromatic carbocycles. The molecule has 0 radical (unpaired) electrons. The summed E-state index contributed by atoms with van der Waals surface area (Å²) in [7, 11) is -3.72. The Hall–Kier alpha value is -2.23. The molecule has 1 saturated heterocycles. The first kappa shape index (κ1) is 22.5. The molecule has 0 saturated carbocycles. The lowest BCUT2D eigenvalue weighted by molar-refractivity contribution is 0.0476. The minimum absolute atomic E-state index is 0.0469. The van der Waals surface area contributed by atoms with E-state index < -0.39 is 16.0 Å². The third-order valence-electron chi connectivity index (χ3n) is 5.11. The van der Waals surface area contributed by atoms with Crippen LogP contribution in [0.5, 0.6) is 0 Å². The number of carbonyl (C=O) groups is 2. The van der Waals surface area contributed by atoms with Gasteiger partial charge in [-0.2, -0.15) is 4.31 Å². The van der Waals surface area contributed by atoms with Crippen LogP contribution in [-0.2, 0) is 14.8 Å². The molecular formula is C21H26N2O5S2. The molecule has 1 aliphatic rings. The van der Waals surface area contributed by atoms with Crippen molar-refractivity contribution in [2.75, 3.05) is 37.7 Å². The number of hydrogen-bond donors (Lipinski definition) is 0. The molecule has 0 atom stereocenters. The van der Waals surface area contributed by atoms with Gasteiger partial charge in [-0.05, 0) is 42.5 Å². The number of hydrogen-bond acceptors (Lipinski definition) is 7. The number of ether oxygens (including phenoxy) is 1. The molecule has 0 spiro atoms. The molecule has 2 aromatic rings. The number of anilines is 1.